The van der Waals surface area contributed by atoms with Gasteiger partial charge in [-0.2, -0.15) is 5.10 Å². The minimum atomic E-state index is -4.04. The number of aromatic nitrogens is 2. The minimum Gasteiger partial charge on any atom is -0.372 e. The highest BCUT2D eigenvalue weighted by atomic mass is 32.2. The number of rotatable bonds is 4. The predicted molar refractivity (Wildman–Crippen MR) is 95.8 cm³/mol. The summed E-state index contributed by atoms with van der Waals surface area (Å²) in [4.78, 5) is 3.94. The van der Waals surface area contributed by atoms with Gasteiger partial charge in [-0.3, -0.25) is 4.72 Å². The van der Waals surface area contributed by atoms with Crippen molar-refractivity contribution in [2.75, 3.05) is 4.72 Å². The highest BCUT2D eigenvalue weighted by Crippen LogP contribution is 2.31. The van der Waals surface area contributed by atoms with E-state index in [1.807, 2.05) is 0 Å². The number of aliphatic imine (C=N–C) groups is 1. The predicted octanol–water partition coefficient (Wildman–Crippen LogP) is 2.58. The third kappa shape index (κ3) is 2.82. The van der Waals surface area contributed by atoms with E-state index < -0.39 is 15.8 Å². The summed E-state index contributed by atoms with van der Waals surface area (Å²) in [6, 6.07) is 12.3. The lowest BCUT2D eigenvalue weighted by molar-refractivity contribution is 0.586. The van der Waals surface area contributed by atoms with Crippen LogP contribution >= 0.6 is 0 Å². The van der Waals surface area contributed by atoms with Crippen LogP contribution in [-0.4, -0.2) is 24.5 Å². The first kappa shape index (κ1) is 16.3. The molecule has 1 aromatic heterocycles. The second-order valence-electron chi connectivity index (χ2n) is 5.60. The molecule has 1 aliphatic rings. The molecule has 0 unspecified atom stereocenters. The van der Waals surface area contributed by atoms with Gasteiger partial charge in [-0.1, -0.05) is 24.3 Å². The number of para-hydroxylation sites is 2. The first-order valence-electron chi connectivity index (χ1n) is 7.76. The van der Waals surface area contributed by atoms with Crippen LogP contribution in [0.4, 0.5) is 15.9 Å². The van der Waals surface area contributed by atoms with Crippen LogP contribution in [-0.2, 0) is 16.6 Å². The molecule has 132 valence electrons. The number of fused-ring (bicyclic) bond motifs is 1. The van der Waals surface area contributed by atoms with Crippen molar-refractivity contribution >= 4 is 27.9 Å². The van der Waals surface area contributed by atoms with Gasteiger partial charge in [0.05, 0.1) is 12.5 Å². The van der Waals surface area contributed by atoms with Gasteiger partial charge >= 0.3 is 0 Å². The highest BCUT2D eigenvalue weighted by Gasteiger charge is 2.26. The molecule has 2 N–H and O–H groups in total. The first-order valence-corrected chi connectivity index (χ1v) is 9.24. The molecule has 0 saturated carbocycles. The molecule has 0 amide bonds. The molecule has 4 rings (SSSR count). The standard InChI is InChI=1S/C17H14FN5O2S/c18-14-7-4-8-15(26(24,25)22-13-5-2-1-3-6-13)16(14)23-17-12(10-21-23)9-19-11-20-17/h1-8,10-11,22H,9H2,(H,19,20). The second-order valence-corrected chi connectivity index (χ2v) is 7.25. The zero-order valence-corrected chi connectivity index (χ0v) is 14.2. The fourth-order valence-corrected chi connectivity index (χ4v) is 3.95. The fraction of sp³-hybridized carbons (Fsp3) is 0.0588. The quantitative estimate of drug-likeness (QED) is 0.738. The minimum absolute atomic E-state index is 0.170. The van der Waals surface area contributed by atoms with Crippen molar-refractivity contribution in [3.8, 4) is 5.69 Å². The van der Waals surface area contributed by atoms with Gasteiger partial charge in [-0.25, -0.2) is 22.5 Å². The van der Waals surface area contributed by atoms with E-state index in [2.05, 4.69) is 20.1 Å². The summed E-state index contributed by atoms with van der Waals surface area (Å²) in [5.74, 6) is -0.314. The van der Waals surface area contributed by atoms with Gasteiger partial charge in [-0.05, 0) is 24.3 Å². The molecule has 0 bridgehead atoms. The van der Waals surface area contributed by atoms with Gasteiger partial charge in [0.25, 0.3) is 10.0 Å². The molecule has 0 radical (unpaired) electrons. The molecule has 3 aromatic rings. The lowest BCUT2D eigenvalue weighted by Gasteiger charge is -2.15. The normalized spacial score (nSPS) is 13.1. The Labute approximate surface area is 149 Å². The summed E-state index contributed by atoms with van der Waals surface area (Å²) in [5, 5.41) is 7.07. The van der Waals surface area contributed by atoms with Crippen LogP contribution in [0.5, 0.6) is 0 Å². The van der Waals surface area contributed by atoms with Crippen LogP contribution in [0.2, 0.25) is 0 Å². The van der Waals surface area contributed by atoms with Crippen molar-refractivity contribution in [3.63, 3.8) is 0 Å². The van der Waals surface area contributed by atoms with Crippen molar-refractivity contribution in [2.24, 2.45) is 4.99 Å². The largest absolute Gasteiger partial charge is 0.372 e. The van der Waals surface area contributed by atoms with Crippen molar-refractivity contribution in [3.05, 3.63) is 66.1 Å². The van der Waals surface area contributed by atoms with E-state index in [1.54, 1.807) is 30.3 Å². The Morgan fingerprint density at radius 3 is 2.73 bits per heavy atom. The number of sulfonamides is 1. The second kappa shape index (κ2) is 6.26. The van der Waals surface area contributed by atoms with E-state index in [9.17, 15) is 12.8 Å². The Balaban J connectivity index is 1.86. The summed E-state index contributed by atoms with van der Waals surface area (Å²) in [6.45, 7) is 0.484. The number of nitrogens with one attached hydrogen (secondary N) is 2. The summed E-state index contributed by atoms with van der Waals surface area (Å²) < 4.78 is 44.0. The van der Waals surface area contributed by atoms with Crippen molar-refractivity contribution < 1.29 is 12.8 Å². The molecule has 0 spiro atoms. The van der Waals surface area contributed by atoms with E-state index in [-0.39, 0.29) is 10.6 Å². The molecule has 0 atom stereocenters. The molecule has 26 heavy (non-hydrogen) atoms. The maximum Gasteiger partial charge on any atom is 0.264 e. The van der Waals surface area contributed by atoms with E-state index in [4.69, 9.17) is 0 Å². The summed E-state index contributed by atoms with van der Waals surface area (Å²) in [7, 11) is -4.04. The van der Waals surface area contributed by atoms with E-state index in [0.717, 1.165) is 5.56 Å². The Hall–Kier alpha value is -3.20. The Morgan fingerprint density at radius 1 is 1.12 bits per heavy atom. The topological polar surface area (TPSA) is 88.4 Å². The zero-order valence-electron chi connectivity index (χ0n) is 13.4. The Bertz CT molecular complexity index is 1090. The SMILES string of the molecule is O=S(=O)(Nc1ccccc1)c1cccc(F)c1-n1ncc2c1N=CNC2. The van der Waals surface area contributed by atoms with Crippen LogP contribution < -0.4 is 10.0 Å². The van der Waals surface area contributed by atoms with Gasteiger partial charge in [-0.15, -0.1) is 0 Å². The monoisotopic (exact) mass is 371 g/mol. The number of benzene rings is 2. The van der Waals surface area contributed by atoms with Crippen molar-refractivity contribution in [1.29, 1.82) is 0 Å². The third-order valence-corrected chi connectivity index (χ3v) is 5.28. The lowest BCUT2D eigenvalue weighted by atomic mass is 10.3. The van der Waals surface area contributed by atoms with Crippen LogP contribution in [0, 0.1) is 5.82 Å². The maximum absolute atomic E-state index is 14.6. The van der Waals surface area contributed by atoms with E-state index in [1.165, 1.54) is 35.4 Å². The maximum atomic E-state index is 14.6. The fourth-order valence-electron chi connectivity index (χ4n) is 2.70. The Morgan fingerprint density at radius 2 is 1.92 bits per heavy atom. The van der Waals surface area contributed by atoms with Gasteiger partial charge in [0.15, 0.2) is 5.82 Å². The van der Waals surface area contributed by atoms with Gasteiger partial charge in [0.1, 0.15) is 16.4 Å². The van der Waals surface area contributed by atoms with Crippen molar-refractivity contribution in [1.82, 2.24) is 15.1 Å². The Kier molecular flexibility index (Phi) is 3.92. The number of halogens is 1. The van der Waals surface area contributed by atoms with Gasteiger partial charge in [0, 0.05) is 17.8 Å². The zero-order chi connectivity index (χ0) is 18.1. The summed E-state index contributed by atoms with van der Waals surface area (Å²) in [6.07, 6.45) is 3.00. The molecule has 0 saturated heterocycles. The van der Waals surface area contributed by atoms with E-state index >= 15 is 0 Å². The van der Waals surface area contributed by atoms with Crippen molar-refractivity contribution in [2.45, 2.75) is 11.4 Å². The number of hydrogen-bond donors (Lipinski definition) is 2. The van der Waals surface area contributed by atoms with Crippen LogP contribution in [0.25, 0.3) is 5.69 Å². The molecular formula is C17H14FN5O2S. The summed E-state index contributed by atoms with van der Waals surface area (Å²) in [5.41, 5.74) is 0.957. The molecule has 0 aliphatic carbocycles. The average Bonchev–Trinajstić information content (AvgIpc) is 3.06. The molecule has 2 heterocycles. The summed E-state index contributed by atoms with van der Waals surface area (Å²) >= 11 is 0. The van der Waals surface area contributed by atoms with Crippen LogP contribution in [0.3, 0.4) is 0 Å². The average molecular weight is 371 g/mol. The third-order valence-electron chi connectivity index (χ3n) is 3.86. The highest BCUT2D eigenvalue weighted by molar-refractivity contribution is 7.92. The number of nitrogens with zero attached hydrogens (tertiary/aromatic N) is 3. The van der Waals surface area contributed by atoms with E-state index in [0.29, 0.717) is 18.1 Å². The lowest BCUT2D eigenvalue weighted by Crippen LogP contribution is -2.18. The first-order chi connectivity index (χ1) is 12.6. The smallest absolute Gasteiger partial charge is 0.264 e. The molecule has 9 heteroatoms. The van der Waals surface area contributed by atoms with Gasteiger partial charge in [0.2, 0.25) is 0 Å². The molecule has 1 aliphatic heterocycles. The molecular weight excluding hydrogens is 357 g/mol. The number of hydrogen-bond acceptors (Lipinski definition) is 5. The van der Waals surface area contributed by atoms with Crippen LogP contribution in [0.15, 0.2) is 64.6 Å². The van der Waals surface area contributed by atoms with Gasteiger partial charge < -0.3 is 5.32 Å². The number of anilines is 1. The van der Waals surface area contributed by atoms with Crippen LogP contribution in [0.1, 0.15) is 5.56 Å². The molecule has 7 nitrogen and oxygen atoms in total. The molecule has 2 aromatic carbocycles. The molecule has 0 fully saturated rings.